The van der Waals surface area contributed by atoms with Gasteiger partial charge < -0.3 is 58.7 Å². The lowest BCUT2D eigenvalue weighted by Crippen LogP contribution is -2.65. The number of ether oxygens (including phenoxy) is 7. The molecule has 3 aliphatic heterocycles. The van der Waals surface area contributed by atoms with Gasteiger partial charge in [-0.15, -0.1) is 0 Å². The Morgan fingerprint density at radius 3 is 2.38 bits per heavy atom. The molecule has 0 aromatic carbocycles. The van der Waals surface area contributed by atoms with Gasteiger partial charge in [0.1, 0.15) is 43.2 Å². The first kappa shape index (κ1) is 38.3. The highest BCUT2D eigenvalue weighted by atomic mass is 16.8. The second-order valence-corrected chi connectivity index (χ2v) is 16.7. The molecule has 0 unspecified atom stereocenters. The first-order valence-electron chi connectivity index (χ1n) is 18.9. The Kier molecular flexibility index (Phi) is 10.5. The zero-order valence-corrected chi connectivity index (χ0v) is 30.7. The molecule has 52 heavy (non-hydrogen) atoms. The summed E-state index contributed by atoms with van der Waals surface area (Å²) in [7, 11) is 1.44. The summed E-state index contributed by atoms with van der Waals surface area (Å²) < 4.78 is 41.5. The molecule has 0 spiro atoms. The monoisotopic (exact) mass is 736 g/mol. The minimum Gasteiger partial charge on any atom is -0.458 e. The normalized spacial score (nSPS) is 50.3. The molecule has 4 aliphatic carbocycles. The largest absolute Gasteiger partial charge is 0.458 e. The molecule has 0 radical (unpaired) electrons. The predicted molar refractivity (Wildman–Crippen MR) is 180 cm³/mol. The van der Waals surface area contributed by atoms with Crippen LogP contribution in [0.5, 0.6) is 0 Å². The highest BCUT2D eigenvalue weighted by molar-refractivity contribution is 5.86. The second kappa shape index (κ2) is 14.3. The summed E-state index contributed by atoms with van der Waals surface area (Å²) in [4.78, 5) is 24.3. The number of hydrogen-bond acceptors (Lipinski definition) is 14. The predicted octanol–water partition coefficient (Wildman–Crippen LogP) is 1.43. The molecule has 292 valence electrons. The van der Waals surface area contributed by atoms with Crippen molar-refractivity contribution in [3.8, 4) is 0 Å². The van der Waals surface area contributed by atoms with Crippen molar-refractivity contribution in [2.75, 3.05) is 20.3 Å². The Bertz CT molecular complexity index is 1430. The molecule has 0 aromatic heterocycles. The molecule has 2 saturated heterocycles. The van der Waals surface area contributed by atoms with Crippen molar-refractivity contribution < 1.29 is 68.3 Å². The van der Waals surface area contributed by atoms with Gasteiger partial charge in [-0.25, -0.2) is 4.79 Å². The first-order valence-corrected chi connectivity index (χ1v) is 18.9. The smallest absolute Gasteiger partial charge is 0.331 e. The van der Waals surface area contributed by atoms with E-state index in [0.29, 0.717) is 18.3 Å². The number of methoxy groups -OCH3 is 1. The topological polar surface area (TPSA) is 200 Å². The van der Waals surface area contributed by atoms with Crippen molar-refractivity contribution >= 4 is 11.9 Å². The van der Waals surface area contributed by atoms with E-state index in [-0.39, 0.29) is 30.0 Å². The number of aliphatic hydroxyl groups excluding tert-OH is 4. The van der Waals surface area contributed by atoms with Crippen LogP contribution in [0.25, 0.3) is 0 Å². The van der Waals surface area contributed by atoms with Crippen LogP contribution >= 0.6 is 0 Å². The van der Waals surface area contributed by atoms with Crippen molar-refractivity contribution in [2.24, 2.45) is 28.6 Å². The summed E-state index contributed by atoms with van der Waals surface area (Å²) in [6, 6.07) is 0. The van der Waals surface area contributed by atoms with E-state index in [1.54, 1.807) is 13.0 Å². The summed E-state index contributed by atoms with van der Waals surface area (Å²) in [5, 5.41) is 53.3. The van der Waals surface area contributed by atoms with Gasteiger partial charge in [-0.1, -0.05) is 19.9 Å². The molecule has 0 bridgehead atoms. The third-order valence-corrected chi connectivity index (χ3v) is 14.2. The number of aliphatic hydroxyl groups is 5. The van der Waals surface area contributed by atoms with E-state index >= 15 is 0 Å². The summed E-state index contributed by atoms with van der Waals surface area (Å²) in [6.45, 7) is 7.23. The fourth-order valence-corrected chi connectivity index (χ4v) is 11.3. The van der Waals surface area contributed by atoms with Gasteiger partial charge in [0.15, 0.2) is 18.7 Å². The van der Waals surface area contributed by atoms with Crippen LogP contribution in [-0.2, 0) is 42.7 Å². The molecular weight excluding hydrogens is 680 g/mol. The van der Waals surface area contributed by atoms with E-state index in [0.717, 1.165) is 56.1 Å². The lowest BCUT2D eigenvalue weighted by Gasteiger charge is -2.63. The molecule has 5 N–H and O–H groups in total. The number of esters is 2. The maximum absolute atomic E-state index is 12.5. The van der Waals surface area contributed by atoms with E-state index in [9.17, 15) is 35.1 Å². The van der Waals surface area contributed by atoms with Gasteiger partial charge in [0.05, 0.1) is 24.4 Å². The molecule has 17 atom stereocenters. The molecule has 14 nitrogen and oxygen atoms in total. The van der Waals surface area contributed by atoms with Crippen molar-refractivity contribution in [3.05, 3.63) is 23.3 Å². The number of cyclic esters (lactones) is 1. The molecule has 7 aliphatic rings. The van der Waals surface area contributed by atoms with Crippen molar-refractivity contribution in [1.82, 2.24) is 0 Å². The van der Waals surface area contributed by atoms with Gasteiger partial charge in [0.25, 0.3) is 0 Å². The van der Waals surface area contributed by atoms with Crippen LogP contribution < -0.4 is 0 Å². The molecular formula is C38H56O14. The number of fused-ring (bicyclic) bond motifs is 5. The van der Waals surface area contributed by atoms with Crippen LogP contribution in [0.4, 0.5) is 0 Å². The lowest BCUT2D eigenvalue weighted by atomic mass is 9.43. The second-order valence-electron chi connectivity index (χ2n) is 16.7. The average Bonchev–Trinajstić information content (AvgIpc) is 3.65. The summed E-state index contributed by atoms with van der Waals surface area (Å²) in [5.74, 6) is -0.0637. The van der Waals surface area contributed by atoms with Crippen LogP contribution in [0, 0.1) is 28.6 Å². The average molecular weight is 737 g/mol. The molecule has 0 amide bonds. The first-order chi connectivity index (χ1) is 24.6. The Labute approximate surface area is 304 Å². The maximum atomic E-state index is 12.5. The van der Waals surface area contributed by atoms with Crippen LogP contribution in [0.1, 0.15) is 79.1 Å². The Hall–Kier alpha value is -1.98. The van der Waals surface area contributed by atoms with E-state index in [2.05, 4.69) is 19.9 Å². The molecule has 14 heteroatoms. The van der Waals surface area contributed by atoms with Gasteiger partial charge >= 0.3 is 11.9 Å². The van der Waals surface area contributed by atoms with E-state index in [1.165, 1.54) is 14.0 Å². The molecule has 3 saturated carbocycles. The van der Waals surface area contributed by atoms with Crippen molar-refractivity contribution in [3.63, 3.8) is 0 Å². The maximum Gasteiger partial charge on any atom is 0.331 e. The summed E-state index contributed by atoms with van der Waals surface area (Å²) in [6.07, 6.45) is -1.77. The Balaban J connectivity index is 1.03. The van der Waals surface area contributed by atoms with Crippen molar-refractivity contribution in [1.29, 1.82) is 0 Å². The van der Waals surface area contributed by atoms with Gasteiger partial charge in [-0.05, 0) is 87.0 Å². The third-order valence-electron chi connectivity index (χ3n) is 14.2. The Morgan fingerprint density at radius 2 is 1.71 bits per heavy atom. The standard InChI is InChI=1S/C38H56O14/c1-18-31(52-34-30(44)29(43)28(42)26(16-39)51-34)32(46-5)33(49-19(2)40)35(48-18)50-22-8-11-36(3)21(15-22)6-7-25-24(36)9-12-37(4)23(10-13-38(25,37)45)20-14-27(41)47-17-20/h10,14,18,21-22,24-26,28-35,39,42-45H,6-9,11-13,15-17H2,1-5H3/t18-,21+,22-,24-,25+,26+,28+,29-,30+,31-,32+,33+,34-,35-,36-,37+,38-/m0/s1. The number of carbonyl (C=O) groups is 2. The van der Waals surface area contributed by atoms with E-state index < -0.39 is 85.0 Å². The SMILES string of the molecule is CO[C@@H]1[C@@H](O[C@@H]2O[C@H](CO)[C@@H](O)[C@H](O)[C@H]2O)[C@H](C)O[C@@H](O[C@H]2CC[C@@]3(C)[C@H](CC[C@@H]4[C@@H]3CC[C@]3(C)C(C5=CC(=O)OC5)=CC[C@]43O)C2)[C@@H]1OC(C)=O. The van der Waals surface area contributed by atoms with Gasteiger partial charge in [0.2, 0.25) is 0 Å². The summed E-state index contributed by atoms with van der Waals surface area (Å²) >= 11 is 0. The van der Waals surface area contributed by atoms with Gasteiger partial charge in [-0.2, -0.15) is 0 Å². The quantitative estimate of drug-likeness (QED) is 0.177. The van der Waals surface area contributed by atoms with Gasteiger partial charge in [-0.3, -0.25) is 4.79 Å². The highest BCUT2D eigenvalue weighted by Crippen LogP contribution is 2.68. The molecule has 7 rings (SSSR count). The van der Waals surface area contributed by atoms with E-state index in [1.807, 2.05) is 0 Å². The molecule has 3 heterocycles. The van der Waals surface area contributed by atoms with Crippen LogP contribution in [-0.4, -0.2) is 131 Å². The zero-order valence-electron chi connectivity index (χ0n) is 30.7. The molecule has 5 fully saturated rings. The highest BCUT2D eigenvalue weighted by Gasteiger charge is 2.66. The fraction of sp³-hybridized carbons (Fsp3) is 0.842. The minimum absolute atomic E-state index is 0.00367. The zero-order chi connectivity index (χ0) is 37.3. The summed E-state index contributed by atoms with van der Waals surface area (Å²) in [5.41, 5.74) is 0.659. The number of carbonyl (C=O) groups excluding carboxylic acids is 2. The van der Waals surface area contributed by atoms with Crippen LogP contribution in [0.2, 0.25) is 0 Å². The fourth-order valence-electron chi connectivity index (χ4n) is 11.3. The van der Waals surface area contributed by atoms with Crippen LogP contribution in [0.15, 0.2) is 23.3 Å². The number of hydrogen-bond donors (Lipinski definition) is 5. The Morgan fingerprint density at radius 1 is 0.942 bits per heavy atom. The third kappa shape index (κ3) is 6.18. The van der Waals surface area contributed by atoms with Crippen LogP contribution in [0.3, 0.4) is 0 Å². The van der Waals surface area contributed by atoms with Gasteiger partial charge in [0, 0.05) is 31.1 Å². The van der Waals surface area contributed by atoms with E-state index in [4.69, 9.17) is 33.2 Å². The van der Waals surface area contributed by atoms with Crippen molar-refractivity contribution in [2.45, 2.75) is 152 Å². The number of rotatable bonds is 8. The molecule has 0 aromatic rings. The lowest BCUT2D eigenvalue weighted by molar-refractivity contribution is -0.362. The minimum atomic E-state index is -1.63.